The van der Waals surface area contributed by atoms with Crippen molar-refractivity contribution in [3.05, 3.63) is 0 Å². The monoisotopic (exact) mass is 723 g/mol. The Kier molecular flexibility index (Phi) is 10.7. The van der Waals surface area contributed by atoms with Crippen LogP contribution in [0.3, 0.4) is 0 Å². The third-order valence-corrected chi connectivity index (χ3v) is 22.4. The molecule has 11 saturated carbocycles. The van der Waals surface area contributed by atoms with Crippen LogP contribution in [-0.4, -0.2) is 0 Å². The quantitative estimate of drug-likeness (QED) is 0.271. The number of rotatable bonds is 4. The first-order chi connectivity index (χ1) is 26.2. The van der Waals surface area contributed by atoms with E-state index < -0.39 is 0 Å². The molecular formula is C53H86. The zero-order chi connectivity index (χ0) is 34.9. The SMILES string of the molecule is C1CCC(C2CC(C3CCC4C(CCC5C6CCCCC6CCC45)C3)CC(C3CCC(C4CCCCC4)C4C5CC6CCCCC6CC5CC34)C2)CC1. The summed E-state index contributed by atoms with van der Waals surface area (Å²) in [6, 6.07) is 0. The molecule has 0 saturated heterocycles. The molecule has 0 aromatic rings. The van der Waals surface area contributed by atoms with E-state index in [1.807, 2.05) is 0 Å². The molecule has 0 spiro atoms. The Hall–Kier alpha value is 0. The van der Waals surface area contributed by atoms with Gasteiger partial charge >= 0.3 is 0 Å². The fourth-order valence-electron chi connectivity index (χ4n) is 20.5. The van der Waals surface area contributed by atoms with Crippen LogP contribution in [0.15, 0.2) is 0 Å². The minimum absolute atomic E-state index is 1.11. The summed E-state index contributed by atoms with van der Waals surface area (Å²) in [6.45, 7) is 0. The largest absolute Gasteiger partial charge is 0.0533 e. The van der Waals surface area contributed by atoms with Crippen LogP contribution in [0.25, 0.3) is 0 Å². The first kappa shape index (κ1) is 36.1. The highest BCUT2D eigenvalue weighted by Gasteiger charge is 2.58. The molecule has 11 fully saturated rings. The summed E-state index contributed by atoms with van der Waals surface area (Å²) in [7, 11) is 0. The van der Waals surface area contributed by atoms with Crippen molar-refractivity contribution >= 4 is 0 Å². The minimum atomic E-state index is 1.11. The summed E-state index contributed by atoms with van der Waals surface area (Å²) in [5, 5.41) is 0. The first-order valence-corrected chi connectivity index (χ1v) is 26.2. The molecule has 0 amide bonds. The molecule has 0 nitrogen and oxygen atoms in total. The van der Waals surface area contributed by atoms with E-state index >= 15 is 0 Å². The predicted octanol–water partition coefficient (Wildman–Crippen LogP) is 15.3. The molecule has 0 aromatic heterocycles. The Balaban J connectivity index is 0.834. The van der Waals surface area contributed by atoms with E-state index in [9.17, 15) is 0 Å². The second-order valence-corrected chi connectivity index (χ2v) is 24.1. The van der Waals surface area contributed by atoms with Crippen molar-refractivity contribution in [3.8, 4) is 0 Å². The maximum absolute atomic E-state index is 1.71. The molecule has 53 heavy (non-hydrogen) atoms. The second-order valence-electron chi connectivity index (χ2n) is 24.1. The molecular weight excluding hydrogens is 637 g/mol. The van der Waals surface area contributed by atoms with Crippen LogP contribution in [0.1, 0.15) is 212 Å². The average molecular weight is 723 g/mol. The van der Waals surface area contributed by atoms with Gasteiger partial charge in [-0.2, -0.15) is 0 Å². The van der Waals surface area contributed by atoms with E-state index in [1.165, 1.54) is 0 Å². The Labute approximate surface area is 329 Å². The molecule has 11 aliphatic rings. The van der Waals surface area contributed by atoms with Crippen LogP contribution < -0.4 is 0 Å². The van der Waals surface area contributed by atoms with Gasteiger partial charge in [-0.05, 0) is 221 Å². The van der Waals surface area contributed by atoms with Crippen molar-refractivity contribution in [3.63, 3.8) is 0 Å². The molecule has 0 bridgehead atoms. The molecule has 0 radical (unpaired) electrons. The topological polar surface area (TPSA) is 0 Å². The van der Waals surface area contributed by atoms with Crippen molar-refractivity contribution in [1.82, 2.24) is 0 Å². The average Bonchev–Trinajstić information content (AvgIpc) is 3.60. The first-order valence-electron chi connectivity index (χ1n) is 26.2. The maximum atomic E-state index is 1.71. The van der Waals surface area contributed by atoms with Crippen LogP contribution in [0, 0.1) is 118 Å². The van der Waals surface area contributed by atoms with Gasteiger partial charge in [-0.25, -0.2) is 0 Å². The van der Waals surface area contributed by atoms with Gasteiger partial charge in [0, 0.05) is 0 Å². The van der Waals surface area contributed by atoms with Gasteiger partial charge in [0.25, 0.3) is 0 Å². The Bertz CT molecular complexity index is 1200. The van der Waals surface area contributed by atoms with E-state index in [0.717, 1.165) is 118 Å². The summed E-state index contributed by atoms with van der Waals surface area (Å²) in [4.78, 5) is 0. The van der Waals surface area contributed by atoms with E-state index in [1.54, 1.807) is 212 Å². The molecule has 18 unspecified atom stereocenters. The highest BCUT2D eigenvalue weighted by Crippen LogP contribution is 2.66. The summed E-state index contributed by atoms with van der Waals surface area (Å²) in [5.74, 6) is 22.6. The molecule has 0 heteroatoms. The third-order valence-electron chi connectivity index (χ3n) is 22.4. The van der Waals surface area contributed by atoms with Crippen LogP contribution in [0.2, 0.25) is 0 Å². The third kappa shape index (κ3) is 6.83. The second kappa shape index (κ2) is 15.6. The van der Waals surface area contributed by atoms with Crippen molar-refractivity contribution in [2.75, 3.05) is 0 Å². The molecule has 11 rings (SSSR count). The van der Waals surface area contributed by atoms with E-state index in [4.69, 9.17) is 0 Å². The highest BCUT2D eigenvalue weighted by molar-refractivity contribution is 5.07. The van der Waals surface area contributed by atoms with Crippen LogP contribution in [-0.2, 0) is 0 Å². The van der Waals surface area contributed by atoms with Gasteiger partial charge < -0.3 is 0 Å². The maximum Gasteiger partial charge on any atom is -0.0321 e. The summed E-state index contributed by atoms with van der Waals surface area (Å²) in [5.41, 5.74) is 0. The fraction of sp³-hybridized carbons (Fsp3) is 1.00. The lowest BCUT2D eigenvalue weighted by Crippen LogP contribution is -2.47. The lowest BCUT2D eigenvalue weighted by Gasteiger charge is -2.56. The van der Waals surface area contributed by atoms with E-state index in [0.29, 0.717) is 0 Å². The number of hydrogen-bond donors (Lipinski definition) is 0. The van der Waals surface area contributed by atoms with Gasteiger partial charge in [-0.1, -0.05) is 109 Å². The minimum Gasteiger partial charge on any atom is -0.0533 e. The van der Waals surface area contributed by atoms with Gasteiger partial charge in [0.1, 0.15) is 0 Å². The van der Waals surface area contributed by atoms with Crippen molar-refractivity contribution < 1.29 is 0 Å². The Morgan fingerprint density at radius 2 is 0.528 bits per heavy atom. The van der Waals surface area contributed by atoms with Gasteiger partial charge in [0.15, 0.2) is 0 Å². The molecule has 0 aromatic carbocycles. The van der Waals surface area contributed by atoms with Crippen molar-refractivity contribution in [1.29, 1.82) is 0 Å². The normalized spacial score (nSPS) is 53.7. The smallest absolute Gasteiger partial charge is 0.0321 e. The standard InChI is InChI=1S/C53H86/c1-3-11-34(12-4-1)41-29-42(39-20-22-46-40(27-39)21-24-49-45-18-10-9-15-36(45)19-23-50(46)49)31-43(30-41)47-25-26-48(35-13-5-2-6-14-35)53-51-32-38-17-8-7-16-37(38)28-44(51)33-52(47)53/h34-53H,1-33H2. The molecule has 0 aliphatic heterocycles. The summed E-state index contributed by atoms with van der Waals surface area (Å²) >= 11 is 0. The Morgan fingerprint density at radius 1 is 0.151 bits per heavy atom. The van der Waals surface area contributed by atoms with Gasteiger partial charge in [0.05, 0.1) is 0 Å². The summed E-state index contributed by atoms with van der Waals surface area (Å²) < 4.78 is 0. The van der Waals surface area contributed by atoms with Crippen LogP contribution >= 0.6 is 0 Å². The fourth-order valence-corrected chi connectivity index (χ4v) is 20.5. The van der Waals surface area contributed by atoms with Crippen LogP contribution in [0.5, 0.6) is 0 Å². The van der Waals surface area contributed by atoms with Crippen molar-refractivity contribution in [2.24, 2.45) is 118 Å². The Morgan fingerprint density at radius 3 is 1.28 bits per heavy atom. The zero-order valence-electron chi connectivity index (χ0n) is 34.9. The lowest BCUT2D eigenvalue weighted by atomic mass is 9.49. The molecule has 0 heterocycles. The number of fused-ring (bicyclic) bond motifs is 9. The summed E-state index contributed by atoms with van der Waals surface area (Å²) in [6.07, 6.45) is 53.6. The van der Waals surface area contributed by atoms with Crippen LogP contribution in [0.4, 0.5) is 0 Å². The predicted molar refractivity (Wildman–Crippen MR) is 222 cm³/mol. The molecule has 18 atom stereocenters. The lowest BCUT2D eigenvalue weighted by molar-refractivity contribution is -0.0640. The molecule has 0 N–H and O–H groups in total. The van der Waals surface area contributed by atoms with Crippen molar-refractivity contribution in [2.45, 2.75) is 212 Å². The zero-order valence-corrected chi connectivity index (χ0v) is 34.9. The number of hydrogen-bond acceptors (Lipinski definition) is 0. The van der Waals surface area contributed by atoms with E-state index in [-0.39, 0.29) is 0 Å². The highest BCUT2D eigenvalue weighted by atomic mass is 14.6. The van der Waals surface area contributed by atoms with Gasteiger partial charge in [0.2, 0.25) is 0 Å². The van der Waals surface area contributed by atoms with Gasteiger partial charge in [-0.3, -0.25) is 0 Å². The molecule has 298 valence electrons. The molecule has 11 aliphatic carbocycles. The van der Waals surface area contributed by atoms with E-state index in [2.05, 4.69) is 0 Å². The van der Waals surface area contributed by atoms with Gasteiger partial charge in [-0.15, -0.1) is 0 Å².